The number of rotatable bonds is 4. The van der Waals surface area contributed by atoms with Crippen LogP contribution in [0.25, 0.3) is 0 Å². The van der Waals surface area contributed by atoms with Gasteiger partial charge in [-0.1, -0.05) is 12.1 Å². The molecule has 0 spiro atoms. The lowest BCUT2D eigenvalue weighted by Crippen LogP contribution is -2.35. The molecular formula is C19H20FNO2S. The number of carbonyl (C=O) groups excluding carboxylic acids is 1. The van der Waals surface area contributed by atoms with Crippen molar-refractivity contribution in [3.8, 4) is 6.07 Å². The molecule has 0 heterocycles. The van der Waals surface area contributed by atoms with Gasteiger partial charge >= 0.3 is 0 Å². The molecule has 2 aromatic carbocycles. The Morgan fingerprint density at radius 2 is 1.75 bits per heavy atom. The van der Waals surface area contributed by atoms with Crippen molar-refractivity contribution in [2.24, 2.45) is 0 Å². The zero-order chi connectivity index (χ0) is 18.2. The van der Waals surface area contributed by atoms with Crippen LogP contribution >= 0.6 is 11.8 Å². The molecule has 0 radical (unpaired) electrons. The van der Waals surface area contributed by atoms with Crippen molar-refractivity contribution in [3.63, 3.8) is 0 Å². The fourth-order valence-corrected chi connectivity index (χ4v) is 2.20. The number of hydrogen-bond acceptors (Lipinski definition) is 4. The standard InChI is InChI=1S/C12H13NO2.C7H7FS/c1-9(14)12(2,15)7-10-3-5-11(8-13)6-4-10;1-9-7-4-2-6(8)3-5-7/h3-6,15H,7H2,1-2H3;2-5H,1H3/t12-;/m1./s1. The number of hydrogen-bond donors (Lipinski definition) is 1. The first-order valence-electron chi connectivity index (χ1n) is 7.30. The van der Waals surface area contributed by atoms with Gasteiger partial charge in [0.1, 0.15) is 11.4 Å². The highest BCUT2D eigenvalue weighted by Crippen LogP contribution is 2.15. The number of ketones is 1. The Morgan fingerprint density at radius 1 is 1.21 bits per heavy atom. The molecule has 2 aromatic rings. The summed E-state index contributed by atoms with van der Waals surface area (Å²) in [5.41, 5.74) is 0.0872. The lowest BCUT2D eigenvalue weighted by atomic mass is 9.93. The molecule has 0 fully saturated rings. The van der Waals surface area contributed by atoms with E-state index in [9.17, 15) is 14.3 Å². The Labute approximate surface area is 146 Å². The van der Waals surface area contributed by atoms with Crippen LogP contribution in [-0.2, 0) is 11.2 Å². The highest BCUT2D eigenvalue weighted by Gasteiger charge is 2.26. The third-order valence-electron chi connectivity index (χ3n) is 3.44. The normalized spacial score (nSPS) is 12.3. The number of thioether (sulfide) groups is 1. The maximum atomic E-state index is 12.2. The minimum absolute atomic E-state index is 0.173. The SMILES string of the molecule is CC(=O)[C@](C)(O)Cc1ccc(C#N)cc1.CSc1ccc(F)cc1. The average molecular weight is 345 g/mol. The lowest BCUT2D eigenvalue weighted by molar-refractivity contribution is -0.133. The van der Waals surface area contributed by atoms with Crippen LogP contribution in [0, 0.1) is 17.1 Å². The molecule has 0 aliphatic rings. The Kier molecular flexibility index (Phi) is 7.63. The van der Waals surface area contributed by atoms with Crippen LogP contribution < -0.4 is 0 Å². The van der Waals surface area contributed by atoms with Crippen LogP contribution in [0.4, 0.5) is 4.39 Å². The van der Waals surface area contributed by atoms with Gasteiger partial charge in [-0.15, -0.1) is 11.8 Å². The van der Waals surface area contributed by atoms with Crippen molar-refractivity contribution < 1.29 is 14.3 Å². The van der Waals surface area contributed by atoms with Gasteiger partial charge in [-0.3, -0.25) is 4.79 Å². The minimum Gasteiger partial charge on any atom is -0.382 e. The van der Waals surface area contributed by atoms with Crippen LogP contribution in [0.3, 0.4) is 0 Å². The molecule has 0 bridgehead atoms. The van der Waals surface area contributed by atoms with Crippen molar-refractivity contribution in [2.75, 3.05) is 6.26 Å². The van der Waals surface area contributed by atoms with Gasteiger partial charge in [-0.05, 0) is 62.1 Å². The Balaban J connectivity index is 0.000000272. The van der Waals surface area contributed by atoms with Crippen molar-refractivity contribution in [1.29, 1.82) is 5.26 Å². The molecule has 0 amide bonds. The Bertz CT molecular complexity index is 704. The monoisotopic (exact) mass is 345 g/mol. The number of nitrogens with zero attached hydrogens (tertiary/aromatic N) is 1. The van der Waals surface area contributed by atoms with Gasteiger partial charge in [0.05, 0.1) is 11.6 Å². The van der Waals surface area contributed by atoms with E-state index in [1.807, 2.05) is 12.3 Å². The van der Waals surface area contributed by atoms with E-state index >= 15 is 0 Å². The van der Waals surface area contributed by atoms with Gasteiger partial charge < -0.3 is 5.11 Å². The fraction of sp³-hybridized carbons (Fsp3) is 0.263. The van der Waals surface area contributed by atoms with Crippen LogP contribution in [0.15, 0.2) is 53.4 Å². The molecule has 0 saturated heterocycles. The second kappa shape index (κ2) is 9.21. The largest absolute Gasteiger partial charge is 0.382 e. The summed E-state index contributed by atoms with van der Waals surface area (Å²) >= 11 is 1.61. The van der Waals surface area contributed by atoms with E-state index in [4.69, 9.17) is 5.26 Å². The lowest BCUT2D eigenvalue weighted by Gasteiger charge is -2.19. The molecule has 2 rings (SSSR count). The summed E-state index contributed by atoms with van der Waals surface area (Å²) in [6.07, 6.45) is 2.24. The molecule has 0 aliphatic heterocycles. The summed E-state index contributed by atoms with van der Waals surface area (Å²) in [5.74, 6) is -0.431. The quantitative estimate of drug-likeness (QED) is 0.851. The van der Waals surface area contributed by atoms with E-state index < -0.39 is 5.60 Å². The number of halogens is 1. The molecule has 24 heavy (non-hydrogen) atoms. The average Bonchev–Trinajstić information content (AvgIpc) is 2.56. The predicted octanol–water partition coefficient (Wildman–Crippen LogP) is 3.99. The molecule has 5 heteroatoms. The third kappa shape index (κ3) is 6.53. The summed E-state index contributed by atoms with van der Waals surface area (Å²) in [4.78, 5) is 12.2. The first kappa shape index (κ1) is 19.9. The summed E-state index contributed by atoms with van der Waals surface area (Å²) in [6.45, 7) is 2.86. The highest BCUT2D eigenvalue weighted by molar-refractivity contribution is 7.98. The Hall–Kier alpha value is -2.16. The van der Waals surface area contributed by atoms with E-state index in [1.165, 1.54) is 26.0 Å². The van der Waals surface area contributed by atoms with E-state index in [-0.39, 0.29) is 18.0 Å². The summed E-state index contributed by atoms with van der Waals surface area (Å²) in [6, 6.07) is 15.3. The predicted molar refractivity (Wildman–Crippen MR) is 94.3 cm³/mol. The van der Waals surface area contributed by atoms with Crippen molar-refractivity contribution in [2.45, 2.75) is 30.8 Å². The van der Waals surface area contributed by atoms with Crippen LogP contribution in [0.5, 0.6) is 0 Å². The van der Waals surface area contributed by atoms with E-state index in [2.05, 4.69) is 0 Å². The van der Waals surface area contributed by atoms with E-state index in [0.717, 1.165) is 10.5 Å². The van der Waals surface area contributed by atoms with Crippen molar-refractivity contribution >= 4 is 17.5 Å². The molecule has 0 aliphatic carbocycles. The molecule has 0 unspecified atom stereocenters. The van der Waals surface area contributed by atoms with E-state index in [0.29, 0.717) is 5.56 Å². The van der Waals surface area contributed by atoms with Gasteiger partial charge in [-0.2, -0.15) is 5.26 Å². The topological polar surface area (TPSA) is 61.1 Å². The van der Waals surface area contributed by atoms with Gasteiger partial charge in [-0.25, -0.2) is 4.39 Å². The summed E-state index contributed by atoms with van der Waals surface area (Å²) in [5, 5.41) is 18.4. The molecule has 1 N–H and O–H groups in total. The van der Waals surface area contributed by atoms with Crippen LogP contribution in [-0.4, -0.2) is 22.7 Å². The van der Waals surface area contributed by atoms with Gasteiger partial charge in [0, 0.05) is 11.3 Å². The second-order valence-corrected chi connectivity index (χ2v) is 6.35. The van der Waals surface area contributed by atoms with Crippen molar-refractivity contribution in [3.05, 3.63) is 65.5 Å². The number of benzene rings is 2. The summed E-state index contributed by atoms with van der Waals surface area (Å²) < 4.78 is 12.2. The molecule has 0 saturated carbocycles. The fourth-order valence-electron chi connectivity index (χ4n) is 1.79. The van der Waals surface area contributed by atoms with Crippen LogP contribution in [0.2, 0.25) is 0 Å². The maximum absolute atomic E-state index is 12.2. The Morgan fingerprint density at radius 3 is 2.17 bits per heavy atom. The zero-order valence-electron chi connectivity index (χ0n) is 13.9. The second-order valence-electron chi connectivity index (χ2n) is 5.47. The number of nitriles is 1. The number of carbonyl (C=O) groups is 1. The van der Waals surface area contributed by atoms with Gasteiger partial charge in [0.25, 0.3) is 0 Å². The molecule has 1 atom stereocenters. The zero-order valence-corrected chi connectivity index (χ0v) is 14.7. The first-order chi connectivity index (χ1) is 11.3. The molecular weight excluding hydrogens is 325 g/mol. The molecule has 3 nitrogen and oxygen atoms in total. The highest BCUT2D eigenvalue weighted by atomic mass is 32.2. The number of Topliss-reactive ketones (excluding diaryl/α,β-unsaturated/α-hetero) is 1. The van der Waals surface area contributed by atoms with E-state index in [1.54, 1.807) is 48.2 Å². The first-order valence-corrected chi connectivity index (χ1v) is 8.53. The summed E-state index contributed by atoms with van der Waals surface area (Å²) in [7, 11) is 0. The van der Waals surface area contributed by atoms with Gasteiger partial charge in [0.2, 0.25) is 0 Å². The molecule has 0 aromatic heterocycles. The smallest absolute Gasteiger partial charge is 0.161 e. The van der Waals surface area contributed by atoms with Crippen molar-refractivity contribution in [1.82, 2.24) is 0 Å². The maximum Gasteiger partial charge on any atom is 0.161 e. The third-order valence-corrected chi connectivity index (χ3v) is 4.18. The minimum atomic E-state index is -1.33. The van der Waals surface area contributed by atoms with Gasteiger partial charge in [0.15, 0.2) is 5.78 Å². The molecule has 126 valence electrons. The van der Waals surface area contributed by atoms with Crippen LogP contribution in [0.1, 0.15) is 25.0 Å². The number of aliphatic hydroxyl groups is 1.